The van der Waals surface area contributed by atoms with Crippen LogP contribution in [0.3, 0.4) is 0 Å². The van der Waals surface area contributed by atoms with Crippen LogP contribution in [0.1, 0.15) is 52.9 Å². The minimum absolute atomic E-state index is 0.104. The zero-order chi connectivity index (χ0) is 14.0. The lowest BCUT2D eigenvalue weighted by atomic mass is 9.85. The molecule has 1 fully saturated rings. The van der Waals surface area contributed by atoms with E-state index >= 15 is 0 Å². The van der Waals surface area contributed by atoms with Gasteiger partial charge >= 0.3 is 5.97 Å². The smallest absolute Gasteiger partial charge is 0.311 e. The molecule has 0 saturated heterocycles. The highest BCUT2D eigenvalue weighted by atomic mass is 16.4. The topological polar surface area (TPSA) is 92.4 Å². The van der Waals surface area contributed by atoms with E-state index in [0.717, 1.165) is 12.8 Å². The van der Waals surface area contributed by atoms with Crippen LogP contribution in [0.4, 0.5) is 0 Å². The summed E-state index contributed by atoms with van der Waals surface area (Å²) in [5.41, 5.74) is 4.62. The third-order valence-corrected chi connectivity index (χ3v) is 3.78. The molecule has 0 heterocycles. The first kappa shape index (κ1) is 15.0. The molecule has 1 rings (SSSR count). The predicted molar refractivity (Wildman–Crippen MR) is 69.0 cm³/mol. The fourth-order valence-electron chi connectivity index (χ4n) is 2.36. The summed E-state index contributed by atoms with van der Waals surface area (Å²) in [5, 5.41) is 12.1. The Morgan fingerprint density at radius 1 is 1.50 bits per heavy atom. The summed E-state index contributed by atoms with van der Waals surface area (Å²) in [6.45, 7) is 5.45. The maximum Gasteiger partial charge on any atom is 0.311 e. The minimum atomic E-state index is -0.829. The number of carboxylic acids is 1. The molecule has 0 bridgehead atoms. The van der Waals surface area contributed by atoms with Crippen LogP contribution < -0.4 is 11.1 Å². The van der Waals surface area contributed by atoms with Gasteiger partial charge in [-0.25, -0.2) is 0 Å². The molecular weight excluding hydrogens is 232 g/mol. The maximum atomic E-state index is 11.8. The average Bonchev–Trinajstić information content (AvgIpc) is 2.58. The minimum Gasteiger partial charge on any atom is -0.481 e. The third kappa shape index (κ3) is 3.70. The lowest BCUT2D eigenvalue weighted by molar-refractivity contribution is -0.149. The van der Waals surface area contributed by atoms with Gasteiger partial charge in [0.1, 0.15) is 0 Å². The van der Waals surface area contributed by atoms with Crippen LogP contribution in [0.5, 0.6) is 0 Å². The molecule has 1 aliphatic carbocycles. The summed E-state index contributed by atoms with van der Waals surface area (Å²) in [4.78, 5) is 23.1. The Bertz CT molecular complexity index is 336. The normalized spacial score (nSPS) is 28.1. The molecule has 0 aromatic carbocycles. The largest absolute Gasteiger partial charge is 0.481 e. The molecule has 0 radical (unpaired) electrons. The van der Waals surface area contributed by atoms with E-state index in [-0.39, 0.29) is 17.5 Å². The lowest BCUT2D eigenvalue weighted by Gasteiger charge is -2.28. The van der Waals surface area contributed by atoms with E-state index in [1.54, 1.807) is 6.92 Å². The van der Waals surface area contributed by atoms with E-state index in [9.17, 15) is 14.7 Å². The van der Waals surface area contributed by atoms with Crippen LogP contribution >= 0.6 is 0 Å². The molecular formula is C13H24N2O3. The van der Waals surface area contributed by atoms with Gasteiger partial charge in [-0.1, -0.05) is 6.42 Å². The van der Waals surface area contributed by atoms with Gasteiger partial charge in [-0.3, -0.25) is 9.59 Å². The Morgan fingerprint density at radius 3 is 2.61 bits per heavy atom. The average molecular weight is 256 g/mol. The van der Waals surface area contributed by atoms with Gasteiger partial charge in [-0.15, -0.1) is 0 Å². The molecule has 0 aromatic rings. The Balaban J connectivity index is 2.52. The number of nitrogens with two attached hydrogens (primary N) is 1. The van der Waals surface area contributed by atoms with E-state index in [1.807, 2.05) is 13.8 Å². The standard InChI is InChI=1S/C13H24N2O3/c1-12(2,14)8-6-10(16)15-9-5-4-7-13(9,3)11(17)18/h9H,4-8,14H2,1-3H3,(H,15,16)(H,17,18). The molecule has 0 aliphatic heterocycles. The molecule has 2 unspecified atom stereocenters. The van der Waals surface area contributed by atoms with Crippen molar-refractivity contribution in [3.8, 4) is 0 Å². The van der Waals surface area contributed by atoms with Crippen molar-refractivity contribution in [3.63, 3.8) is 0 Å². The second-order valence-electron chi connectivity index (χ2n) is 6.22. The molecule has 18 heavy (non-hydrogen) atoms. The van der Waals surface area contributed by atoms with Crippen LogP contribution in [0, 0.1) is 5.41 Å². The molecule has 5 heteroatoms. The number of carbonyl (C=O) groups excluding carboxylic acids is 1. The molecule has 1 saturated carbocycles. The van der Waals surface area contributed by atoms with E-state index in [1.165, 1.54) is 0 Å². The van der Waals surface area contributed by atoms with Crippen LogP contribution in [0.15, 0.2) is 0 Å². The van der Waals surface area contributed by atoms with Gasteiger partial charge in [0.25, 0.3) is 0 Å². The zero-order valence-corrected chi connectivity index (χ0v) is 11.5. The summed E-state index contributed by atoms with van der Waals surface area (Å²) in [6.07, 6.45) is 3.14. The van der Waals surface area contributed by atoms with Gasteiger partial charge in [0.05, 0.1) is 5.41 Å². The van der Waals surface area contributed by atoms with E-state index in [4.69, 9.17) is 5.73 Å². The molecule has 104 valence electrons. The van der Waals surface area contributed by atoms with Crippen LogP contribution in [-0.2, 0) is 9.59 Å². The second kappa shape index (κ2) is 5.26. The first-order chi connectivity index (χ1) is 8.15. The SMILES string of the molecule is CC(C)(N)CCC(=O)NC1CCCC1(C)C(=O)O. The zero-order valence-electron chi connectivity index (χ0n) is 11.5. The highest BCUT2D eigenvalue weighted by molar-refractivity contribution is 5.80. The van der Waals surface area contributed by atoms with Gasteiger partial charge in [0.15, 0.2) is 0 Å². The van der Waals surface area contributed by atoms with Crippen molar-refractivity contribution >= 4 is 11.9 Å². The monoisotopic (exact) mass is 256 g/mol. The highest BCUT2D eigenvalue weighted by Crippen LogP contribution is 2.38. The van der Waals surface area contributed by atoms with Gasteiger partial charge in [-0.05, 0) is 40.0 Å². The van der Waals surface area contributed by atoms with Crippen LogP contribution in [-0.4, -0.2) is 28.6 Å². The Morgan fingerprint density at radius 2 is 2.11 bits per heavy atom. The van der Waals surface area contributed by atoms with E-state index < -0.39 is 11.4 Å². The van der Waals surface area contributed by atoms with Gasteiger partial charge in [0.2, 0.25) is 5.91 Å². The van der Waals surface area contributed by atoms with Gasteiger partial charge in [-0.2, -0.15) is 0 Å². The number of nitrogens with one attached hydrogen (secondary N) is 1. The summed E-state index contributed by atoms with van der Waals surface area (Å²) < 4.78 is 0. The molecule has 1 amide bonds. The summed E-state index contributed by atoms with van der Waals surface area (Å²) in [7, 11) is 0. The molecule has 1 aliphatic rings. The quantitative estimate of drug-likeness (QED) is 0.690. The van der Waals surface area contributed by atoms with Crippen molar-refractivity contribution in [1.29, 1.82) is 0 Å². The van der Waals surface area contributed by atoms with Crippen molar-refractivity contribution in [3.05, 3.63) is 0 Å². The van der Waals surface area contributed by atoms with Crippen molar-refractivity contribution < 1.29 is 14.7 Å². The van der Waals surface area contributed by atoms with Crippen molar-refractivity contribution in [1.82, 2.24) is 5.32 Å². The van der Waals surface area contributed by atoms with Crippen molar-refractivity contribution in [2.45, 2.75) is 64.5 Å². The molecule has 0 aromatic heterocycles. The predicted octanol–water partition coefficient (Wildman–Crippen LogP) is 1.26. The molecule has 2 atom stereocenters. The molecule has 4 N–H and O–H groups in total. The van der Waals surface area contributed by atoms with Gasteiger partial charge < -0.3 is 16.2 Å². The molecule has 5 nitrogen and oxygen atoms in total. The summed E-state index contributed by atoms with van der Waals surface area (Å²) in [6, 6.07) is -0.261. The lowest BCUT2D eigenvalue weighted by Crippen LogP contribution is -2.47. The first-order valence-corrected chi connectivity index (χ1v) is 6.47. The molecule has 0 spiro atoms. The Labute approximate surface area is 108 Å². The summed E-state index contributed by atoms with van der Waals surface area (Å²) >= 11 is 0. The fraction of sp³-hybridized carbons (Fsp3) is 0.846. The third-order valence-electron chi connectivity index (χ3n) is 3.78. The number of rotatable bonds is 5. The number of aliphatic carboxylic acids is 1. The van der Waals surface area contributed by atoms with Crippen molar-refractivity contribution in [2.24, 2.45) is 11.1 Å². The summed E-state index contributed by atoms with van der Waals surface area (Å²) in [5.74, 6) is -0.933. The number of hydrogen-bond donors (Lipinski definition) is 3. The Kier molecular flexibility index (Phi) is 4.37. The van der Waals surface area contributed by atoms with E-state index in [0.29, 0.717) is 19.3 Å². The fourth-order valence-corrected chi connectivity index (χ4v) is 2.36. The second-order valence-corrected chi connectivity index (χ2v) is 6.22. The number of amides is 1. The number of carbonyl (C=O) groups is 2. The van der Waals surface area contributed by atoms with Crippen molar-refractivity contribution in [2.75, 3.05) is 0 Å². The van der Waals surface area contributed by atoms with Crippen LogP contribution in [0.25, 0.3) is 0 Å². The Hall–Kier alpha value is -1.10. The van der Waals surface area contributed by atoms with Gasteiger partial charge in [0, 0.05) is 18.0 Å². The van der Waals surface area contributed by atoms with Crippen LogP contribution in [0.2, 0.25) is 0 Å². The number of carboxylic acid groups (broad SMARTS) is 1. The first-order valence-electron chi connectivity index (χ1n) is 6.47. The van der Waals surface area contributed by atoms with E-state index in [2.05, 4.69) is 5.32 Å². The maximum absolute atomic E-state index is 11.8. The highest BCUT2D eigenvalue weighted by Gasteiger charge is 2.45. The number of hydrogen-bond acceptors (Lipinski definition) is 3.